The summed E-state index contributed by atoms with van der Waals surface area (Å²) < 4.78 is 10.0. The fourth-order valence-electron chi connectivity index (χ4n) is 7.71. The third-order valence-corrected chi connectivity index (χ3v) is 9.26. The molecule has 6 nitrogen and oxygen atoms in total. The predicted octanol–water partition coefficient (Wildman–Crippen LogP) is 6.53. The van der Waals surface area contributed by atoms with Gasteiger partial charge >= 0.3 is 0 Å². The van der Waals surface area contributed by atoms with Crippen molar-refractivity contribution in [2.24, 2.45) is 0 Å². The molecule has 190 valence electrons. The molecule has 1 saturated carbocycles. The molecule has 39 heavy (non-hydrogen) atoms. The highest BCUT2D eigenvalue weighted by Crippen LogP contribution is 2.53. The van der Waals surface area contributed by atoms with Gasteiger partial charge in [0.15, 0.2) is 5.78 Å². The van der Waals surface area contributed by atoms with Crippen LogP contribution in [0.5, 0.6) is 5.75 Å². The number of hydrogen-bond donors (Lipinski definition) is 0. The van der Waals surface area contributed by atoms with Gasteiger partial charge in [-0.1, -0.05) is 48.5 Å². The second-order valence-electron chi connectivity index (χ2n) is 11.2. The maximum Gasteiger partial charge on any atom is 0.255 e. The number of hydrogen-bond acceptors (Lipinski definition) is 3. The standard InChI is InChI=1S/C33H25N3O3/c1-39-20-12-10-18(11-13-20)16-34-17-23-28-21-6-2-5-9-25(21)36-26-14-19(15-27(26)37)35-24-8-4-3-7-22(24)29(30(23)33(34)38)32(35)31(28)36/h2-13,19,26H,14-17H2,1H3/t19-,26+/m0/s1. The highest BCUT2D eigenvalue weighted by atomic mass is 16.5. The maximum absolute atomic E-state index is 14.3. The molecule has 6 aromatic rings. The van der Waals surface area contributed by atoms with Crippen molar-refractivity contribution < 1.29 is 14.3 Å². The Bertz CT molecular complexity index is 2060. The number of Topliss-reactive ketones (excluding diaryl/α,β-unsaturated/α-hetero) is 1. The van der Waals surface area contributed by atoms with E-state index >= 15 is 0 Å². The van der Waals surface area contributed by atoms with Gasteiger partial charge in [0.1, 0.15) is 5.75 Å². The largest absolute Gasteiger partial charge is 0.497 e. The number of methoxy groups -OCH3 is 1. The number of ketones is 1. The molecule has 2 atom stereocenters. The molecular formula is C33H25N3O3. The molecule has 1 aliphatic carbocycles. The average molecular weight is 512 g/mol. The van der Waals surface area contributed by atoms with E-state index in [1.165, 1.54) is 0 Å². The van der Waals surface area contributed by atoms with E-state index in [2.05, 4.69) is 57.7 Å². The molecule has 4 aromatic carbocycles. The molecule has 0 saturated heterocycles. The molecule has 2 aromatic heterocycles. The summed E-state index contributed by atoms with van der Waals surface area (Å²) in [5.41, 5.74) is 7.40. The Morgan fingerprint density at radius 3 is 2.23 bits per heavy atom. The van der Waals surface area contributed by atoms with Gasteiger partial charge in [-0.2, -0.15) is 0 Å². The van der Waals surface area contributed by atoms with Gasteiger partial charge in [-0.05, 0) is 41.8 Å². The number of carbonyl (C=O) groups excluding carboxylic acids is 2. The summed E-state index contributed by atoms with van der Waals surface area (Å²) in [5.74, 6) is 1.18. The lowest BCUT2D eigenvalue weighted by molar-refractivity contribution is -0.120. The van der Waals surface area contributed by atoms with Crippen molar-refractivity contribution in [1.82, 2.24) is 14.0 Å². The second kappa shape index (κ2) is 7.29. The van der Waals surface area contributed by atoms with Crippen LogP contribution in [0, 0.1) is 0 Å². The van der Waals surface area contributed by atoms with Gasteiger partial charge in [-0.25, -0.2) is 0 Å². The van der Waals surface area contributed by atoms with Gasteiger partial charge in [0.2, 0.25) is 0 Å². The topological polar surface area (TPSA) is 56.5 Å². The Morgan fingerprint density at radius 1 is 0.821 bits per heavy atom. The molecule has 0 radical (unpaired) electrons. The zero-order valence-corrected chi connectivity index (χ0v) is 21.5. The molecule has 6 heteroatoms. The molecule has 2 aliphatic heterocycles. The van der Waals surface area contributed by atoms with Crippen molar-refractivity contribution in [3.05, 3.63) is 89.5 Å². The summed E-state index contributed by atoms with van der Waals surface area (Å²) >= 11 is 0. The summed E-state index contributed by atoms with van der Waals surface area (Å²) in [5, 5.41) is 4.39. The number of benzene rings is 4. The molecule has 3 aliphatic rings. The van der Waals surface area contributed by atoms with Crippen molar-refractivity contribution in [2.75, 3.05) is 7.11 Å². The first-order valence-corrected chi connectivity index (χ1v) is 13.6. The first kappa shape index (κ1) is 21.4. The number of ether oxygens (including phenoxy) is 1. The van der Waals surface area contributed by atoms with Gasteiger partial charge < -0.3 is 18.8 Å². The van der Waals surface area contributed by atoms with Crippen LogP contribution in [0.4, 0.5) is 0 Å². The van der Waals surface area contributed by atoms with E-state index in [1.807, 2.05) is 29.2 Å². The monoisotopic (exact) mass is 511 g/mol. The van der Waals surface area contributed by atoms with Gasteiger partial charge in [0, 0.05) is 58.1 Å². The normalized spacial score (nSPS) is 19.8. The van der Waals surface area contributed by atoms with Crippen LogP contribution in [0.25, 0.3) is 43.6 Å². The molecule has 2 bridgehead atoms. The van der Waals surface area contributed by atoms with E-state index in [4.69, 9.17) is 4.74 Å². The Kier molecular flexibility index (Phi) is 3.99. The zero-order valence-electron chi connectivity index (χ0n) is 21.5. The minimum atomic E-state index is -0.176. The summed E-state index contributed by atoms with van der Waals surface area (Å²) in [6, 6.07) is 24.7. The van der Waals surface area contributed by atoms with E-state index in [1.54, 1.807) is 7.11 Å². The number of rotatable bonds is 3. The Labute approximate surface area is 224 Å². The third kappa shape index (κ3) is 2.56. The molecule has 4 heterocycles. The summed E-state index contributed by atoms with van der Waals surface area (Å²) in [6.45, 7) is 1.07. The quantitative estimate of drug-likeness (QED) is 0.272. The van der Waals surface area contributed by atoms with Gasteiger partial charge in [-0.15, -0.1) is 0 Å². The zero-order chi connectivity index (χ0) is 26.0. The molecule has 9 rings (SSSR count). The first-order valence-electron chi connectivity index (χ1n) is 13.6. The van der Waals surface area contributed by atoms with Crippen LogP contribution < -0.4 is 4.74 Å². The molecule has 0 unspecified atom stereocenters. The fourth-order valence-corrected chi connectivity index (χ4v) is 7.71. The lowest BCUT2D eigenvalue weighted by Gasteiger charge is -2.16. The van der Waals surface area contributed by atoms with E-state index < -0.39 is 0 Å². The number of carbonyl (C=O) groups is 2. The number of nitrogens with zero attached hydrogens (tertiary/aromatic N) is 3. The first-order chi connectivity index (χ1) is 19.1. The average Bonchev–Trinajstić information content (AvgIpc) is 3.66. The van der Waals surface area contributed by atoms with E-state index in [0.717, 1.165) is 72.5 Å². The van der Waals surface area contributed by atoms with Crippen LogP contribution in [-0.2, 0) is 17.9 Å². The summed E-state index contributed by atoms with van der Waals surface area (Å²) in [7, 11) is 1.66. The number of amides is 1. The lowest BCUT2D eigenvalue weighted by Crippen LogP contribution is -2.23. The Morgan fingerprint density at radius 2 is 1.49 bits per heavy atom. The van der Waals surface area contributed by atoms with Crippen molar-refractivity contribution in [3.63, 3.8) is 0 Å². The maximum atomic E-state index is 14.3. The highest BCUT2D eigenvalue weighted by Gasteiger charge is 2.44. The number of para-hydroxylation sites is 2. The fraction of sp³-hybridized carbons (Fsp3) is 0.212. The third-order valence-electron chi connectivity index (χ3n) is 9.26. The van der Waals surface area contributed by atoms with Crippen molar-refractivity contribution in [3.8, 4) is 5.75 Å². The molecule has 0 spiro atoms. The van der Waals surface area contributed by atoms with Gasteiger partial charge in [-0.3, -0.25) is 9.59 Å². The smallest absolute Gasteiger partial charge is 0.255 e. The molecule has 1 amide bonds. The molecular weight excluding hydrogens is 486 g/mol. The molecule has 1 fully saturated rings. The van der Waals surface area contributed by atoms with E-state index in [-0.39, 0.29) is 18.0 Å². The van der Waals surface area contributed by atoms with Crippen LogP contribution in [0.1, 0.15) is 46.4 Å². The lowest BCUT2D eigenvalue weighted by atomic mass is 9.97. The van der Waals surface area contributed by atoms with Gasteiger partial charge in [0.25, 0.3) is 5.91 Å². The second-order valence-corrected chi connectivity index (χ2v) is 11.2. The molecule has 0 N–H and O–H groups in total. The van der Waals surface area contributed by atoms with Crippen LogP contribution >= 0.6 is 0 Å². The number of aromatic nitrogens is 2. The summed E-state index contributed by atoms with van der Waals surface area (Å²) in [6.07, 6.45) is 1.32. The van der Waals surface area contributed by atoms with Crippen molar-refractivity contribution in [1.29, 1.82) is 0 Å². The predicted molar refractivity (Wildman–Crippen MR) is 151 cm³/mol. The van der Waals surface area contributed by atoms with Crippen molar-refractivity contribution in [2.45, 2.75) is 38.0 Å². The Balaban J connectivity index is 1.41. The van der Waals surface area contributed by atoms with Crippen LogP contribution in [0.3, 0.4) is 0 Å². The van der Waals surface area contributed by atoms with Gasteiger partial charge in [0.05, 0.1) is 29.7 Å². The van der Waals surface area contributed by atoms with Crippen molar-refractivity contribution >= 4 is 55.3 Å². The highest BCUT2D eigenvalue weighted by molar-refractivity contribution is 6.31. The van der Waals surface area contributed by atoms with Crippen LogP contribution in [0.15, 0.2) is 72.8 Å². The minimum absolute atomic E-state index is 0.0768. The van der Waals surface area contributed by atoms with E-state index in [9.17, 15) is 9.59 Å². The minimum Gasteiger partial charge on any atom is -0.497 e. The number of fused-ring (bicyclic) bond motifs is 13. The summed E-state index contributed by atoms with van der Waals surface area (Å²) in [4.78, 5) is 29.8. The van der Waals surface area contributed by atoms with E-state index in [0.29, 0.717) is 25.3 Å². The Hall–Kier alpha value is -4.58. The van der Waals surface area contributed by atoms with Crippen LogP contribution in [0.2, 0.25) is 0 Å². The van der Waals surface area contributed by atoms with Crippen LogP contribution in [-0.4, -0.2) is 32.8 Å². The SMILES string of the molecule is COc1ccc(CN2Cc3c(c4c5ccccc5n5c4c4c3c3ccccc3n4[C@@H]3C[C@H]5CC3=O)C2=O)cc1.